The van der Waals surface area contributed by atoms with Gasteiger partial charge in [0.2, 0.25) is 5.91 Å². The third-order valence-electron chi connectivity index (χ3n) is 5.07. The SMILES string of the molecule is CC(=O)NC(C)c1ccc2cc(Oc3ccc(OCC4CC4)c(Cl)c3)ccc2c1. The Hall–Kier alpha value is -2.72. The molecular weight excluding hydrogens is 386 g/mol. The minimum absolute atomic E-state index is 0.0318. The fourth-order valence-corrected chi connectivity index (χ4v) is 3.48. The van der Waals surface area contributed by atoms with E-state index in [4.69, 9.17) is 21.1 Å². The van der Waals surface area contributed by atoms with E-state index in [1.165, 1.54) is 19.8 Å². The van der Waals surface area contributed by atoms with Gasteiger partial charge in [0.15, 0.2) is 0 Å². The van der Waals surface area contributed by atoms with Crippen molar-refractivity contribution in [2.75, 3.05) is 6.61 Å². The fourth-order valence-electron chi connectivity index (χ4n) is 3.25. The molecule has 1 atom stereocenters. The van der Waals surface area contributed by atoms with Crippen LogP contribution in [-0.2, 0) is 4.79 Å². The summed E-state index contributed by atoms with van der Waals surface area (Å²) in [5.74, 6) is 2.75. The topological polar surface area (TPSA) is 47.6 Å². The Balaban J connectivity index is 1.47. The summed E-state index contributed by atoms with van der Waals surface area (Å²) in [7, 11) is 0. The number of rotatable bonds is 7. The highest BCUT2D eigenvalue weighted by Gasteiger charge is 2.22. The van der Waals surface area contributed by atoms with Crippen molar-refractivity contribution in [1.82, 2.24) is 5.32 Å². The normalized spacial score (nSPS) is 14.4. The molecule has 150 valence electrons. The number of fused-ring (bicyclic) bond motifs is 1. The maximum atomic E-state index is 11.3. The molecule has 1 amide bonds. The van der Waals surface area contributed by atoms with Crippen molar-refractivity contribution in [1.29, 1.82) is 0 Å². The lowest BCUT2D eigenvalue weighted by atomic mass is 10.0. The summed E-state index contributed by atoms with van der Waals surface area (Å²) < 4.78 is 11.8. The third-order valence-corrected chi connectivity index (χ3v) is 5.36. The number of hydrogen-bond donors (Lipinski definition) is 1. The second-order valence-corrected chi connectivity index (χ2v) is 8.05. The van der Waals surface area contributed by atoms with Gasteiger partial charge in [0.25, 0.3) is 0 Å². The molecule has 0 spiro atoms. The van der Waals surface area contributed by atoms with E-state index in [1.54, 1.807) is 6.07 Å². The molecule has 1 saturated carbocycles. The van der Waals surface area contributed by atoms with Gasteiger partial charge in [-0.25, -0.2) is 0 Å². The average molecular weight is 410 g/mol. The highest BCUT2D eigenvalue weighted by Crippen LogP contribution is 2.35. The maximum Gasteiger partial charge on any atom is 0.217 e. The predicted molar refractivity (Wildman–Crippen MR) is 116 cm³/mol. The van der Waals surface area contributed by atoms with Crippen molar-refractivity contribution >= 4 is 28.3 Å². The van der Waals surface area contributed by atoms with Gasteiger partial charge in [-0.2, -0.15) is 0 Å². The maximum absolute atomic E-state index is 11.3. The van der Waals surface area contributed by atoms with Gasteiger partial charge in [-0.3, -0.25) is 4.79 Å². The Morgan fingerprint density at radius 3 is 2.48 bits per heavy atom. The lowest BCUT2D eigenvalue weighted by Crippen LogP contribution is -2.23. The van der Waals surface area contributed by atoms with Crippen LogP contribution in [0.5, 0.6) is 17.2 Å². The molecule has 1 unspecified atom stereocenters. The summed E-state index contributed by atoms with van der Waals surface area (Å²) in [6.45, 7) is 4.23. The summed E-state index contributed by atoms with van der Waals surface area (Å²) in [4.78, 5) is 11.3. The van der Waals surface area contributed by atoms with E-state index in [0.717, 1.165) is 28.7 Å². The summed E-state index contributed by atoms with van der Waals surface area (Å²) in [5.41, 5.74) is 1.06. The molecular formula is C24H24ClNO3. The van der Waals surface area contributed by atoms with E-state index in [1.807, 2.05) is 49.4 Å². The Bertz CT molecular complexity index is 1050. The number of hydrogen-bond acceptors (Lipinski definition) is 3. The largest absolute Gasteiger partial charge is 0.492 e. The summed E-state index contributed by atoms with van der Waals surface area (Å²) >= 11 is 6.34. The molecule has 0 aromatic heterocycles. The van der Waals surface area contributed by atoms with Crippen LogP contribution in [0, 0.1) is 5.92 Å². The van der Waals surface area contributed by atoms with Gasteiger partial charge in [0.05, 0.1) is 17.7 Å². The van der Waals surface area contributed by atoms with Crippen molar-refractivity contribution in [2.45, 2.75) is 32.7 Å². The molecule has 4 rings (SSSR count). The minimum atomic E-state index is -0.0380. The summed E-state index contributed by atoms with van der Waals surface area (Å²) in [6, 6.07) is 17.6. The number of carbonyl (C=O) groups excluding carboxylic acids is 1. The Morgan fingerprint density at radius 1 is 1.07 bits per heavy atom. The number of benzene rings is 3. The fraction of sp³-hybridized carbons (Fsp3) is 0.292. The zero-order valence-corrected chi connectivity index (χ0v) is 17.3. The molecule has 0 saturated heterocycles. The second kappa shape index (κ2) is 8.34. The van der Waals surface area contributed by atoms with Gasteiger partial charge in [-0.05, 0) is 72.4 Å². The first-order valence-electron chi connectivity index (χ1n) is 9.89. The van der Waals surface area contributed by atoms with Crippen LogP contribution in [0.1, 0.15) is 38.3 Å². The summed E-state index contributed by atoms with van der Waals surface area (Å²) in [6.07, 6.45) is 2.49. The minimum Gasteiger partial charge on any atom is -0.492 e. The molecule has 1 aliphatic rings. The Kier molecular flexibility index (Phi) is 5.63. The van der Waals surface area contributed by atoms with Crippen LogP contribution in [0.3, 0.4) is 0 Å². The van der Waals surface area contributed by atoms with Crippen molar-refractivity contribution in [3.63, 3.8) is 0 Å². The van der Waals surface area contributed by atoms with Crippen LogP contribution in [0.2, 0.25) is 5.02 Å². The number of amides is 1. The van der Waals surface area contributed by atoms with Crippen LogP contribution >= 0.6 is 11.6 Å². The van der Waals surface area contributed by atoms with Gasteiger partial charge in [-0.15, -0.1) is 0 Å². The zero-order chi connectivity index (χ0) is 20.4. The molecule has 1 aliphatic carbocycles. The highest BCUT2D eigenvalue weighted by atomic mass is 35.5. The lowest BCUT2D eigenvalue weighted by Gasteiger charge is -2.14. The van der Waals surface area contributed by atoms with Crippen molar-refractivity contribution in [2.24, 2.45) is 5.92 Å². The van der Waals surface area contributed by atoms with Crippen LogP contribution in [0.4, 0.5) is 0 Å². The van der Waals surface area contributed by atoms with Gasteiger partial charge in [0.1, 0.15) is 17.2 Å². The van der Waals surface area contributed by atoms with E-state index in [0.29, 0.717) is 22.4 Å². The first kappa shape index (κ1) is 19.6. The zero-order valence-electron chi connectivity index (χ0n) is 16.6. The molecule has 0 radical (unpaired) electrons. The molecule has 5 heteroatoms. The van der Waals surface area contributed by atoms with Crippen molar-refractivity contribution < 1.29 is 14.3 Å². The standard InChI is InChI=1S/C24H24ClNO3/c1-15(26-16(2)27)18-5-6-20-12-21(8-7-19(20)11-18)29-22-9-10-24(23(25)13-22)28-14-17-3-4-17/h5-13,15,17H,3-4,14H2,1-2H3,(H,26,27). The number of ether oxygens (including phenoxy) is 2. The van der Waals surface area contributed by atoms with Crippen LogP contribution < -0.4 is 14.8 Å². The van der Waals surface area contributed by atoms with E-state index < -0.39 is 0 Å². The van der Waals surface area contributed by atoms with Crippen LogP contribution in [-0.4, -0.2) is 12.5 Å². The first-order valence-corrected chi connectivity index (χ1v) is 10.3. The molecule has 0 aliphatic heterocycles. The van der Waals surface area contributed by atoms with E-state index in [9.17, 15) is 4.79 Å². The van der Waals surface area contributed by atoms with Gasteiger partial charge < -0.3 is 14.8 Å². The molecule has 4 nitrogen and oxygen atoms in total. The summed E-state index contributed by atoms with van der Waals surface area (Å²) in [5, 5.41) is 5.62. The molecule has 1 fully saturated rings. The molecule has 3 aromatic rings. The molecule has 0 bridgehead atoms. The van der Waals surface area contributed by atoms with Gasteiger partial charge in [0, 0.05) is 13.0 Å². The second-order valence-electron chi connectivity index (χ2n) is 7.64. The van der Waals surface area contributed by atoms with Crippen LogP contribution in [0.15, 0.2) is 54.6 Å². The smallest absolute Gasteiger partial charge is 0.217 e. The Labute approximate surface area is 175 Å². The monoisotopic (exact) mass is 409 g/mol. The van der Waals surface area contributed by atoms with Crippen LogP contribution in [0.25, 0.3) is 10.8 Å². The molecule has 0 heterocycles. The van der Waals surface area contributed by atoms with Crippen molar-refractivity contribution in [3.8, 4) is 17.2 Å². The van der Waals surface area contributed by atoms with Gasteiger partial charge in [-0.1, -0.05) is 29.8 Å². The number of nitrogens with one attached hydrogen (secondary N) is 1. The quantitative estimate of drug-likeness (QED) is 0.500. The van der Waals surface area contributed by atoms with E-state index in [-0.39, 0.29) is 11.9 Å². The molecule has 1 N–H and O–H groups in total. The third kappa shape index (κ3) is 5.01. The Morgan fingerprint density at radius 2 is 1.76 bits per heavy atom. The van der Waals surface area contributed by atoms with E-state index in [2.05, 4.69) is 11.4 Å². The van der Waals surface area contributed by atoms with Crippen molar-refractivity contribution in [3.05, 3.63) is 65.2 Å². The number of carbonyl (C=O) groups is 1. The van der Waals surface area contributed by atoms with E-state index >= 15 is 0 Å². The molecule has 29 heavy (non-hydrogen) atoms. The first-order chi connectivity index (χ1) is 14.0. The van der Waals surface area contributed by atoms with Gasteiger partial charge >= 0.3 is 0 Å². The average Bonchev–Trinajstić information content (AvgIpc) is 3.51. The lowest BCUT2D eigenvalue weighted by molar-refractivity contribution is -0.119. The predicted octanol–water partition coefficient (Wildman–Crippen LogP) is 6.27. The highest BCUT2D eigenvalue weighted by molar-refractivity contribution is 6.32. The molecule has 3 aromatic carbocycles. The number of halogens is 1.